The van der Waals surface area contributed by atoms with Gasteiger partial charge in [-0.1, -0.05) is 30.3 Å². The fourth-order valence-corrected chi connectivity index (χ4v) is 3.02. The zero-order valence-electron chi connectivity index (χ0n) is 13.0. The van der Waals surface area contributed by atoms with Gasteiger partial charge in [-0.15, -0.1) is 11.3 Å². The number of nitrogens with one attached hydrogen (secondary N) is 2. The summed E-state index contributed by atoms with van der Waals surface area (Å²) in [4.78, 5) is 21.3. The third-order valence-electron chi connectivity index (χ3n) is 3.23. The summed E-state index contributed by atoms with van der Waals surface area (Å²) in [6, 6.07) is 12.0. The number of anilines is 1. The number of benzene rings is 1. The zero-order valence-corrected chi connectivity index (χ0v) is 13.9. The number of rotatable bonds is 5. The van der Waals surface area contributed by atoms with E-state index in [-0.39, 0.29) is 11.9 Å². The molecule has 0 saturated heterocycles. The van der Waals surface area contributed by atoms with Gasteiger partial charge < -0.3 is 10.6 Å². The molecule has 2 N–H and O–H groups in total. The first kappa shape index (κ1) is 15.4. The molecule has 0 saturated carbocycles. The molecule has 0 aliphatic carbocycles. The molecule has 23 heavy (non-hydrogen) atoms. The van der Waals surface area contributed by atoms with Crippen molar-refractivity contribution >= 4 is 33.4 Å². The van der Waals surface area contributed by atoms with E-state index in [2.05, 4.69) is 20.6 Å². The summed E-state index contributed by atoms with van der Waals surface area (Å²) < 4.78 is 0.813. The van der Waals surface area contributed by atoms with Crippen LogP contribution in [0.5, 0.6) is 0 Å². The van der Waals surface area contributed by atoms with Crippen molar-refractivity contribution in [1.82, 2.24) is 15.3 Å². The van der Waals surface area contributed by atoms with Gasteiger partial charge in [0.05, 0.1) is 10.2 Å². The maximum atomic E-state index is 12.4. The van der Waals surface area contributed by atoms with Gasteiger partial charge in [-0.2, -0.15) is 0 Å². The topological polar surface area (TPSA) is 66.9 Å². The second-order valence-electron chi connectivity index (χ2n) is 5.50. The second kappa shape index (κ2) is 6.75. The number of carbonyl (C=O) groups excluding carboxylic acids is 1. The number of fused-ring (bicyclic) bond motifs is 1. The molecule has 0 aliphatic heterocycles. The number of hydrogen-bond acceptors (Lipinski definition) is 5. The van der Waals surface area contributed by atoms with Gasteiger partial charge in [0.1, 0.15) is 0 Å². The van der Waals surface area contributed by atoms with Crippen molar-refractivity contribution in [1.29, 1.82) is 0 Å². The molecule has 0 fully saturated rings. The molecule has 0 radical (unpaired) electrons. The molecule has 118 valence electrons. The lowest BCUT2D eigenvalue weighted by Gasteiger charge is -2.10. The van der Waals surface area contributed by atoms with E-state index in [1.54, 1.807) is 0 Å². The van der Waals surface area contributed by atoms with Crippen LogP contribution in [0.4, 0.5) is 5.95 Å². The van der Waals surface area contributed by atoms with Crippen molar-refractivity contribution < 1.29 is 4.79 Å². The Morgan fingerprint density at radius 1 is 1.17 bits per heavy atom. The van der Waals surface area contributed by atoms with Gasteiger partial charge in [0.25, 0.3) is 5.91 Å². The van der Waals surface area contributed by atoms with Gasteiger partial charge in [0.2, 0.25) is 5.95 Å². The molecular formula is C17H18N4OS. The molecule has 3 rings (SSSR count). The van der Waals surface area contributed by atoms with Gasteiger partial charge in [-0.25, -0.2) is 9.97 Å². The van der Waals surface area contributed by atoms with Crippen molar-refractivity contribution in [3.63, 3.8) is 0 Å². The molecule has 1 aromatic carbocycles. The Morgan fingerprint density at radius 2 is 1.96 bits per heavy atom. The Hall–Kier alpha value is -2.47. The highest BCUT2D eigenvalue weighted by Gasteiger charge is 2.16. The van der Waals surface area contributed by atoms with Crippen LogP contribution in [0.2, 0.25) is 0 Å². The molecule has 2 aromatic heterocycles. The first-order valence-electron chi connectivity index (χ1n) is 7.47. The van der Waals surface area contributed by atoms with Crippen molar-refractivity contribution in [3.8, 4) is 0 Å². The highest BCUT2D eigenvalue weighted by Crippen LogP contribution is 2.23. The fourth-order valence-electron chi connectivity index (χ4n) is 2.20. The Kier molecular flexibility index (Phi) is 4.52. The van der Waals surface area contributed by atoms with E-state index in [0.29, 0.717) is 18.2 Å². The molecule has 0 aliphatic rings. The van der Waals surface area contributed by atoms with Crippen molar-refractivity contribution in [2.75, 3.05) is 5.32 Å². The summed E-state index contributed by atoms with van der Waals surface area (Å²) in [6.07, 6.45) is 0. The summed E-state index contributed by atoms with van der Waals surface area (Å²) in [5.74, 6) is 0.297. The molecule has 3 aromatic rings. The van der Waals surface area contributed by atoms with E-state index in [4.69, 9.17) is 0 Å². The molecule has 1 amide bonds. The lowest BCUT2D eigenvalue weighted by Crippen LogP contribution is -2.31. The Bertz CT molecular complexity index is 814. The molecule has 0 bridgehead atoms. The largest absolute Gasteiger partial charge is 0.350 e. The van der Waals surface area contributed by atoms with Gasteiger partial charge in [-0.3, -0.25) is 4.79 Å². The average Bonchev–Trinajstić information content (AvgIpc) is 3.00. The monoisotopic (exact) mass is 326 g/mol. The number of aromatic nitrogens is 2. The van der Waals surface area contributed by atoms with Gasteiger partial charge >= 0.3 is 0 Å². The van der Waals surface area contributed by atoms with E-state index in [0.717, 1.165) is 15.8 Å². The number of amides is 1. The Morgan fingerprint density at radius 3 is 2.70 bits per heavy atom. The SMILES string of the molecule is CC(C)NC(=O)c1nc(NCc2ccccc2)nc2ccsc12. The molecule has 5 nitrogen and oxygen atoms in total. The van der Waals surface area contributed by atoms with Crippen LogP contribution in [-0.2, 0) is 6.54 Å². The van der Waals surface area contributed by atoms with Crippen molar-refractivity contribution in [2.24, 2.45) is 0 Å². The molecule has 0 spiro atoms. The maximum Gasteiger partial charge on any atom is 0.271 e. The third-order valence-corrected chi connectivity index (χ3v) is 4.14. The van der Waals surface area contributed by atoms with Crippen LogP contribution in [0, 0.1) is 0 Å². The number of nitrogens with zero attached hydrogens (tertiary/aromatic N) is 2. The van der Waals surface area contributed by atoms with E-state index < -0.39 is 0 Å². The molecular weight excluding hydrogens is 308 g/mol. The minimum absolute atomic E-state index is 0.0632. The lowest BCUT2D eigenvalue weighted by molar-refractivity contribution is 0.0940. The fraction of sp³-hybridized carbons (Fsp3) is 0.235. The smallest absolute Gasteiger partial charge is 0.271 e. The molecule has 0 atom stereocenters. The Labute approximate surface area is 138 Å². The maximum absolute atomic E-state index is 12.4. The summed E-state index contributed by atoms with van der Waals surface area (Å²) in [5.41, 5.74) is 2.35. The second-order valence-corrected chi connectivity index (χ2v) is 6.41. The minimum Gasteiger partial charge on any atom is -0.350 e. The Balaban J connectivity index is 1.87. The van der Waals surface area contributed by atoms with E-state index in [1.807, 2.05) is 55.6 Å². The third kappa shape index (κ3) is 3.65. The van der Waals surface area contributed by atoms with Crippen LogP contribution in [0.25, 0.3) is 10.2 Å². The average molecular weight is 326 g/mol. The molecule has 2 heterocycles. The van der Waals surface area contributed by atoms with Crippen molar-refractivity contribution in [2.45, 2.75) is 26.4 Å². The summed E-state index contributed by atoms with van der Waals surface area (Å²) in [7, 11) is 0. The van der Waals surface area contributed by atoms with E-state index >= 15 is 0 Å². The number of thiophene rings is 1. The normalized spacial score (nSPS) is 10.9. The van der Waals surface area contributed by atoms with Crippen LogP contribution >= 0.6 is 11.3 Å². The van der Waals surface area contributed by atoms with Crippen LogP contribution in [0.15, 0.2) is 41.8 Å². The summed E-state index contributed by atoms with van der Waals surface area (Å²) in [6.45, 7) is 4.47. The van der Waals surface area contributed by atoms with E-state index in [9.17, 15) is 4.79 Å². The van der Waals surface area contributed by atoms with Crippen LogP contribution in [0.1, 0.15) is 29.9 Å². The quantitative estimate of drug-likeness (QED) is 0.754. The van der Waals surface area contributed by atoms with Gasteiger partial charge in [0.15, 0.2) is 5.69 Å². The minimum atomic E-state index is -0.169. The number of carbonyl (C=O) groups is 1. The number of hydrogen-bond donors (Lipinski definition) is 2. The predicted octanol–water partition coefficient (Wildman–Crippen LogP) is 3.44. The van der Waals surface area contributed by atoms with Crippen LogP contribution < -0.4 is 10.6 Å². The highest BCUT2D eigenvalue weighted by atomic mass is 32.1. The van der Waals surface area contributed by atoms with E-state index in [1.165, 1.54) is 11.3 Å². The first-order valence-corrected chi connectivity index (χ1v) is 8.35. The zero-order chi connectivity index (χ0) is 16.2. The highest BCUT2D eigenvalue weighted by molar-refractivity contribution is 7.17. The summed E-state index contributed by atoms with van der Waals surface area (Å²) >= 11 is 1.48. The summed E-state index contributed by atoms with van der Waals surface area (Å²) in [5, 5.41) is 8.01. The first-order chi connectivity index (χ1) is 11.1. The predicted molar refractivity (Wildman–Crippen MR) is 93.8 cm³/mol. The standard InChI is InChI=1S/C17H18N4OS/c1-11(2)19-16(22)14-15-13(8-9-23-15)20-17(21-14)18-10-12-6-4-3-5-7-12/h3-9,11H,10H2,1-2H3,(H,19,22)(H,18,20,21). The van der Waals surface area contributed by atoms with Gasteiger partial charge in [-0.05, 0) is 30.9 Å². The van der Waals surface area contributed by atoms with Gasteiger partial charge in [0, 0.05) is 12.6 Å². The lowest BCUT2D eigenvalue weighted by atomic mass is 10.2. The molecule has 6 heteroatoms. The van der Waals surface area contributed by atoms with Crippen molar-refractivity contribution in [3.05, 3.63) is 53.0 Å². The molecule has 0 unspecified atom stereocenters. The van der Waals surface area contributed by atoms with Crippen LogP contribution in [0.3, 0.4) is 0 Å². The van der Waals surface area contributed by atoms with Crippen LogP contribution in [-0.4, -0.2) is 21.9 Å².